The van der Waals surface area contributed by atoms with Crippen LogP contribution in [0.1, 0.15) is 18.1 Å². The van der Waals surface area contributed by atoms with Crippen LogP contribution in [0.15, 0.2) is 53.0 Å². The topological polar surface area (TPSA) is 29.5 Å². The molecule has 2 aromatic carbocycles. The number of hydrogen-bond donors (Lipinski definition) is 0. The number of nitrogens with zero attached hydrogens (tertiary/aromatic N) is 1. The van der Waals surface area contributed by atoms with Gasteiger partial charge in [-0.2, -0.15) is 0 Å². The van der Waals surface area contributed by atoms with Gasteiger partial charge in [0.05, 0.1) is 4.47 Å². The van der Waals surface area contributed by atoms with E-state index < -0.39 is 6.10 Å². The van der Waals surface area contributed by atoms with Gasteiger partial charge in [0.15, 0.2) is 6.10 Å². The van der Waals surface area contributed by atoms with Crippen molar-refractivity contribution in [3.05, 3.63) is 64.1 Å². The van der Waals surface area contributed by atoms with Crippen molar-refractivity contribution in [1.82, 2.24) is 4.90 Å². The standard InChI is InChI=1S/C18H18BrNO2/c1-13(22-17-9-5-4-8-16(17)19)18(21)20-11-10-14-6-2-3-7-15(14)12-20/h2-9,13H,10-12H2,1H3. The summed E-state index contributed by atoms with van der Waals surface area (Å²) in [7, 11) is 0. The maximum absolute atomic E-state index is 12.6. The predicted molar refractivity (Wildman–Crippen MR) is 89.8 cm³/mol. The molecule has 1 amide bonds. The van der Waals surface area contributed by atoms with Crippen molar-refractivity contribution in [2.75, 3.05) is 6.54 Å². The molecule has 0 aromatic heterocycles. The van der Waals surface area contributed by atoms with Crippen LogP contribution in [-0.2, 0) is 17.8 Å². The average Bonchev–Trinajstić information content (AvgIpc) is 2.55. The first-order valence-corrected chi connectivity index (χ1v) is 8.21. The molecular formula is C18H18BrNO2. The molecule has 1 unspecified atom stereocenters. The van der Waals surface area contributed by atoms with Crippen molar-refractivity contribution in [1.29, 1.82) is 0 Å². The number of carbonyl (C=O) groups is 1. The van der Waals surface area contributed by atoms with Gasteiger partial charge in [-0.3, -0.25) is 4.79 Å². The van der Waals surface area contributed by atoms with Crippen LogP contribution >= 0.6 is 15.9 Å². The van der Waals surface area contributed by atoms with E-state index in [4.69, 9.17) is 4.74 Å². The molecule has 0 N–H and O–H groups in total. The van der Waals surface area contributed by atoms with Crippen molar-refractivity contribution in [2.24, 2.45) is 0 Å². The van der Waals surface area contributed by atoms with Crippen molar-refractivity contribution in [2.45, 2.75) is 26.0 Å². The van der Waals surface area contributed by atoms with Gasteiger partial charge in [-0.15, -0.1) is 0 Å². The number of fused-ring (bicyclic) bond motifs is 1. The van der Waals surface area contributed by atoms with Crippen LogP contribution in [0, 0.1) is 0 Å². The highest BCUT2D eigenvalue weighted by atomic mass is 79.9. The Morgan fingerprint density at radius 1 is 1.14 bits per heavy atom. The highest BCUT2D eigenvalue weighted by molar-refractivity contribution is 9.10. The van der Waals surface area contributed by atoms with Crippen LogP contribution < -0.4 is 4.74 Å². The van der Waals surface area contributed by atoms with E-state index in [1.54, 1.807) is 0 Å². The monoisotopic (exact) mass is 359 g/mol. The van der Waals surface area contributed by atoms with E-state index in [2.05, 4.69) is 34.1 Å². The lowest BCUT2D eigenvalue weighted by atomic mass is 9.99. The summed E-state index contributed by atoms with van der Waals surface area (Å²) in [6.45, 7) is 3.22. The maximum Gasteiger partial charge on any atom is 0.263 e. The molecule has 0 radical (unpaired) electrons. The summed E-state index contributed by atoms with van der Waals surface area (Å²) in [4.78, 5) is 14.5. The Morgan fingerprint density at radius 3 is 2.59 bits per heavy atom. The van der Waals surface area contributed by atoms with Gasteiger partial charge in [0.1, 0.15) is 5.75 Å². The van der Waals surface area contributed by atoms with Gasteiger partial charge in [-0.25, -0.2) is 0 Å². The molecule has 3 nitrogen and oxygen atoms in total. The van der Waals surface area contributed by atoms with Crippen molar-refractivity contribution < 1.29 is 9.53 Å². The zero-order valence-electron chi connectivity index (χ0n) is 12.5. The molecule has 1 aliphatic heterocycles. The summed E-state index contributed by atoms with van der Waals surface area (Å²) < 4.78 is 6.67. The van der Waals surface area contributed by atoms with Crippen LogP contribution in [0.3, 0.4) is 0 Å². The number of carbonyl (C=O) groups excluding carboxylic acids is 1. The van der Waals surface area contributed by atoms with Crippen molar-refractivity contribution in [3.63, 3.8) is 0 Å². The lowest BCUT2D eigenvalue weighted by Crippen LogP contribution is -2.43. The van der Waals surface area contributed by atoms with E-state index >= 15 is 0 Å². The molecule has 4 heteroatoms. The largest absolute Gasteiger partial charge is 0.480 e. The average molecular weight is 360 g/mol. The molecule has 1 atom stereocenters. The summed E-state index contributed by atoms with van der Waals surface area (Å²) >= 11 is 3.44. The quantitative estimate of drug-likeness (QED) is 0.833. The molecule has 0 fully saturated rings. The molecule has 0 saturated heterocycles. The second kappa shape index (κ2) is 6.53. The summed E-state index contributed by atoms with van der Waals surface area (Å²) in [5.41, 5.74) is 2.57. The molecular weight excluding hydrogens is 342 g/mol. The van der Waals surface area contributed by atoms with Crippen LogP contribution in [0.2, 0.25) is 0 Å². The first kappa shape index (κ1) is 15.1. The highest BCUT2D eigenvalue weighted by Gasteiger charge is 2.25. The molecule has 114 valence electrons. The fourth-order valence-corrected chi connectivity index (χ4v) is 3.10. The minimum atomic E-state index is -0.496. The SMILES string of the molecule is CC(Oc1ccccc1Br)C(=O)N1CCc2ccccc2C1. The first-order valence-electron chi connectivity index (χ1n) is 7.42. The minimum Gasteiger partial charge on any atom is -0.480 e. The normalized spacial score (nSPS) is 15.1. The molecule has 0 bridgehead atoms. The minimum absolute atomic E-state index is 0.0326. The van der Waals surface area contributed by atoms with Gasteiger partial charge in [-0.1, -0.05) is 36.4 Å². The van der Waals surface area contributed by atoms with Crippen LogP contribution in [0.25, 0.3) is 0 Å². The van der Waals surface area contributed by atoms with E-state index in [9.17, 15) is 4.79 Å². The van der Waals surface area contributed by atoms with Gasteiger partial charge < -0.3 is 9.64 Å². The number of hydrogen-bond acceptors (Lipinski definition) is 2. The van der Waals surface area contributed by atoms with Gasteiger partial charge in [0.2, 0.25) is 0 Å². The summed E-state index contributed by atoms with van der Waals surface area (Å²) in [5, 5.41) is 0. The number of ether oxygens (including phenoxy) is 1. The Kier molecular flexibility index (Phi) is 4.48. The van der Waals surface area contributed by atoms with E-state index in [-0.39, 0.29) is 5.91 Å². The Morgan fingerprint density at radius 2 is 1.82 bits per heavy atom. The number of rotatable bonds is 3. The third kappa shape index (κ3) is 3.17. The Bertz CT molecular complexity index is 686. The van der Waals surface area contributed by atoms with Crippen LogP contribution in [0.4, 0.5) is 0 Å². The highest BCUT2D eigenvalue weighted by Crippen LogP contribution is 2.26. The summed E-state index contributed by atoms with van der Waals surface area (Å²) in [6.07, 6.45) is 0.410. The lowest BCUT2D eigenvalue weighted by Gasteiger charge is -2.31. The van der Waals surface area contributed by atoms with E-state index in [0.717, 1.165) is 17.4 Å². The molecule has 2 aromatic rings. The first-order chi connectivity index (χ1) is 10.6. The second-order valence-electron chi connectivity index (χ2n) is 5.47. The molecule has 22 heavy (non-hydrogen) atoms. The Labute approximate surface area is 139 Å². The van der Waals surface area contributed by atoms with Crippen LogP contribution in [-0.4, -0.2) is 23.5 Å². The molecule has 3 rings (SSSR count). The van der Waals surface area contributed by atoms with Gasteiger partial charge in [-0.05, 0) is 52.5 Å². The summed E-state index contributed by atoms with van der Waals surface area (Å²) in [5.74, 6) is 0.728. The molecule has 0 aliphatic carbocycles. The van der Waals surface area contributed by atoms with E-state index in [1.165, 1.54) is 11.1 Å². The third-order valence-corrected chi connectivity index (χ3v) is 4.59. The second-order valence-corrected chi connectivity index (χ2v) is 6.32. The Hall–Kier alpha value is -1.81. The fourth-order valence-electron chi connectivity index (χ4n) is 2.72. The van der Waals surface area contributed by atoms with E-state index in [1.807, 2.05) is 42.2 Å². The maximum atomic E-state index is 12.6. The molecule has 0 spiro atoms. The smallest absolute Gasteiger partial charge is 0.263 e. The van der Waals surface area contributed by atoms with Crippen molar-refractivity contribution >= 4 is 21.8 Å². The van der Waals surface area contributed by atoms with Crippen LogP contribution in [0.5, 0.6) is 5.75 Å². The number of para-hydroxylation sites is 1. The molecule has 0 saturated carbocycles. The predicted octanol–water partition coefficient (Wildman–Crippen LogP) is 3.80. The number of benzene rings is 2. The molecule has 1 heterocycles. The van der Waals surface area contributed by atoms with Crippen molar-refractivity contribution in [3.8, 4) is 5.75 Å². The summed E-state index contributed by atoms with van der Waals surface area (Å²) in [6, 6.07) is 15.9. The fraction of sp³-hybridized carbons (Fsp3) is 0.278. The number of halogens is 1. The number of amides is 1. The zero-order chi connectivity index (χ0) is 15.5. The lowest BCUT2D eigenvalue weighted by molar-refractivity contribution is -0.138. The Balaban J connectivity index is 1.68. The van der Waals surface area contributed by atoms with Gasteiger partial charge in [0, 0.05) is 13.1 Å². The van der Waals surface area contributed by atoms with E-state index in [0.29, 0.717) is 12.3 Å². The third-order valence-electron chi connectivity index (χ3n) is 3.93. The zero-order valence-corrected chi connectivity index (χ0v) is 14.0. The van der Waals surface area contributed by atoms with Gasteiger partial charge in [0.25, 0.3) is 5.91 Å². The van der Waals surface area contributed by atoms with Gasteiger partial charge >= 0.3 is 0 Å². The molecule has 1 aliphatic rings.